The maximum atomic E-state index is 13.1. The van der Waals surface area contributed by atoms with Crippen LogP contribution in [0.3, 0.4) is 0 Å². The molecule has 1 fully saturated rings. The lowest BCUT2D eigenvalue weighted by molar-refractivity contribution is 0.142. The molecule has 0 aliphatic carbocycles. The normalized spacial score (nSPS) is 17.5. The summed E-state index contributed by atoms with van der Waals surface area (Å²) in [6.07, 6.45) is 5.48. The standard InChI is InChI=1S/C25H31FN4/c1-29(19-23-16-27-28-25(23)22-7-3-2-4-8-22)17-21-6-5-14-30(18-21)15-13-20-9-11-24(26)12-10-20/h2-4,7-12,16,21H,5-6,13-15,17-19H2,1H3,(H,27,28). The van der Waals surface area contributed by atoms with E-state index in [1.165, 1.54) is 36.1 Å². The second kappa shape index (κ2) is 10.0. The fourth-order valence-corrected chi connectivity index (χ4v) is 4.52. The maximum absolute atomic E-state index is 13.1. The molecule has 3 aromatic rings. The van der Waals surface area contributed by atoms with E-state index in [9.17, 15) is 4.39 Å². The average molecular weight is 407 g/mol. The third kappa shape index (κ3) is 5.55. The molecule has 1 aliphatic heterocycles. The molecular formula is C25H31FN4. The molecule has 5 heteroatoms. The van der Waals surface area contributed by atoms with E-state index in [1.54, 1.807) is 12.1 Å². The van der Waals surface area contributed by atoms with E-state index in [2.05, 4.69) is 51.3 Å². The first-order valence-electron chi connectivity index (χ1n) is 10.9. The Morgan fingerprint density at radius 2 is 1.93 bits per heavy atom. The van der Waals surface area contributed by atoms with Gasteiger partial charge in [-0.25, -0.2) is 4.39 Å². The molecule has 1 N–H and O–H groups in total. The lowest BCUT2D eigenvalue weighted by Gasteiger charge is -2.34. The molecule has 2 heterocycles. The van der Waals surface area contributed by atoms with Crippen LogP contribution in [0.5, 0.6) is 0 Å². The summed E-state index contributed by atoms with van der Waals surface area (Å²) in [7, 11) is 2.21. The first-order valence-corrected chi connectivity index (χ1v) is 10.9. The number of piperidine rings is 1. The number of likely N-dealkylation sites (tertiary alicyclic amines) is 1. The minimum absolute atomic E-state index is 0.159. The van der Waals surface area contributed by atoms with Gasteiger partial charge >= 0.3 is 0 Å². The van der Waals surface area contributed by atoms with Crippen molar-refractivity contribution in [3.8, 4) is 11.3 Å². The first-order chi connectivity index (χ1) is 14.7. The van der Waals surface area contributed by atoms with Gasteiger partial charge < -0.3 is 9.80 Å². The third-order valence-electron chi connectivity index (χ3n) is 6.02. The van der Waals surface area contributed by atoms with Crippen molar-refractivity contribution in [3.05, 3.63) is 77.7 Å². The summed E-state index contributed by atoms with van der Waals surface area (Å²) in [6, 6.07) is 17.3. The van der Waals surface area contributed by atoms with Crippen LogP contribution in [0.15, 0.2) is 60.8 Å². The number of hydrogen-bond acceptors (Lipinski definition) is 3. The van der Waals surface area contributed by atoms with E-state index in [0.29, 0.717) is 5.92 Å². The number of nitrogens with zero attached hydrogens (tertiary/aromatic N) is 3. The topological polar surface area (TPSA) is 35.2 Å². The summed E-state index contributed by atoms with van der Waals surface area (Å²) in [5.41, 5.74) is 4.76. The Balaban J connectivity index is 1.28. The van der Waals surface area contributed by atoms with Crippen LogP contribution in [-0.2, 0) is 13.0 Å². The number of H-pyrrole nitrogens is 1. The van der Waals surface area contributed by atoms with Gasteiger partial charge in [0.1, 0.15) is 5.82 Å². The number of halogens is 1. The molecule has 0 spiro atoms. The largest absolute Gasteiger partial charge is 0.303 e. The summed E-state index contributed by atoms with van der Waals surface area (Å²) in [4.78, 5) is 4.99. The number of nitrogens with one attached hydrogen (secondary N) is 1. The van der Waals surface area contributed by atoms with Crippen molar-refractivity contribution in [2.75, 3.05) is 33.2 Å². The molecular weight excluding hydrogens is 375 g/mol. The fourth-order valence-electron chi connectivity index (χ4n) is 4.52. The Morgan fingerprint density at radius 3 is 2.73 bits per heavy atom. The van der Waals surface area contributed by atoms with Gasteiger partial charge in [0.2, 0.25) is 0 Å². The molecule has 4 nitrogen and oxygen atoms in total. The smallest absolute Gasteiger partial charge is 0.123 e. The molecule has 1 atom stereocenters. The minimum atomic E-state index is -0.159. The van der Waals surface area contributed by atoms with Crippen LogP contribution >= 0.6 is 0 Å². The van der Waals surface area contributed by atoms with Gasteiger partial charge in [0.05, 0.1) is 11.9 Å². The quantitative estimate of drug-likeness (QED) is 0.594. The fraction of sp³-hybridized carbons (Fsp3) is 0.400. The molecule has 30 heavy (non-hydrogen) atoms. The zero-order chi connectivity index (χ0) is 20.8. The molecule has 4 rings (SSSR count). The SMILES string of the molecule is CN(Cc1cn[nH]c1-c1ccccc1)CC1CCCN(CCc2ccc(F)cc2)C1. The lowest BCUT2D eigenvalue weighted by atomic mass is 9.96. The Bertz CT molecular complexity index is 906. The van der Waals surface area contributed by atoms with E-state index in [4.69, 9.17) is 0 Å². The van der Waals surface area contributed by atoms with Gasteiger partial charge in [-0.2, -0.15) is 5.10 Å². The number of aromatic nitrogens is 2. The van der Waals surface area contributed by atoms with Gasteiger partial charge in [-0.1, -0.05) is 42.5 Å². The molecule has 1 aromatic heterocycles. The van der Waals surface area contributed by atoms with Gasteiger partial charge in [0, 0.05) is 31.7 Å². The predicted octanol–water partition coefficient (Wildman–Crippen LogP) is 4.60. The number of rotatable bonds is 8. The second-order valence-electron chi connectivity index (χ2n) is 8.52. The Morgan fingerprint density at radius 1 is 1.13 bits per heavy atom. The molecule has 0 amide bonds. The highest BCUT2D eigenvalue weighted by molar-refractivity contribution is 5.62. The van der Waals surface area contributed by atoms with Crippen molar-refractivity contribution in [2.24, 2.45) is 5.92 Å². The number of benzene rings is 2. The molecule has 1 unspecified atom stereocenters. The zero-order valence-corrected chi connectivity index (χ0v) is 17.7. The van der Waals surface area contributed by atoms with Crippen molar-refractivity contribution in [1.29, 1.82) is 0 Å². The van der Waals surface area contributed by atoms with Crippen molar-refractivity contribution in [1.82, 2.24) is 20.0 Å². The molecule has 2 aromatic carbocycles. The Labute approximate surface area is 178 Å². The summed E-state index contributed by atoms with van der Waals surface area (Å²) in [5.74, 6) is 0.525. The van der Waals surface area contributed by atoms with Gasteiger partial charge in [0.25, 0.3) is 0 Å². The van der Waals surface area contributed by atoms with Crippen molar-refractivity contribution < 1.29 is 4.39 Å². The monoisotopic (exact) mass is 406 g/mol. The summed E-state index contributed by atoms with van der Waals surface area (Å²) in [6.45, 7) is 5.34. The average Bonchev–Trinajstić information content (AvgIpc) is 3.22. The van der Waals surface area contributed by atoms with Gasteiger partial charge in [-0.05, 0) is 62.0 Å². The van der Waals surface area contributed by atoms with Crippen LogP contribution in [0.4, 0.5) is 4.39 Å². The van der Waals surface area contributed by atoms with Crippen LogP contribution < -0.4 is 0 Å². The van der Waals surface area contributed by atoms with Gasteiger partial charge in [0.15, 0.2) is 0 Å². The van der Waals surface area contributed by atoms with Crippen LogP contribution in [0.25, 0.3) is 11.3 Å². The second-order valence-corrected chi connectivity index (χ2v) is 8.52. The van der Waals surface area contributed by atoms with Gasteiger partial charge in [-0.3, -0.25) is 5.10 Å². The molecule has 0 bridgehead atoms. The summed E-state index contributed by atoms with van der Waals surface area (Å²) in [5, 5.41) is 7.45. The highest BCUT2D eigenvalue weighted by Crippen LogP contribution is 2.23. The van der Waals surface area contributed by atoms with E-state index < -0.39 is 0 Å². The van der Waals surface area contributed by atoms with E-state index in [-0.39, 0.29) is 5.82 Å². The van der Waals surface area contributed by atoms with Crippen LogP contribution in [-0.4, -0.2) is 53.2 Å². The minimum Gasteiger partial charge on any atom is -0.303 e. The molecule has 0 radical (unpaired) electrons. The van der Waals surface area contributed by atoms with Crippen LogP contribution in [0.1, 0.15) is 24.0 Å². The van der Waals surface area contributed by atoms with Crippen molar-refractivity contribution >= 4 is 0 Å². The zero-order valence-electron chi connectivity index (χ0n) is 17.7. The Hall–Kier alpha value is -2.50. The van der Waals surface area contributed by atoms with E-state index in [1.807, 2.05) is 24.4 Å². The van der Waals surface area contributed by atoms with Gasteiger partial charge in [-0.15, -0.1) is 0 Å². The van der Waals surface area contributed by atoms with E-state index >= 15 is 0 Å². The van der Waals surface area contributed by atoms with Crippen molar-refractivity contribution in [3.63, 3.8) is 0 Å². The lowest BCUT2D eigenvalue weighted by Crippen LogP contribution is -2.40. The predicted molar refractivity (Wildman–Crippen MR) is 120 cm³/mol. The molecule has 1 saturated heterocycles. The van der Waals surface area contributed by atoms with E-state index in [0.717, 1.165) is 38.3 Å². The molecule has 158 valence electrons. The highest BCUT2D eigenvalue weighted by atomic mass is 19.1. The number of aromatic amines is 1. The highest BCUT2D eigenvalue weighted by Gasteiger charge is 2.21. The van der Waals surface area contributed by atoms with Crippen molar-refractivity contribution in [2.45, 2.75) is 25.8 Å². The first kappa shape index (κ1) is 20.8. The van der Waals surface area contributed by atoms with Crippen LogP contribution in [0, 0.1) is 11.7 Å². The third-order valence-corrected chi connectivity index (χ3v) is 6.02. The molecule has 1 aliphatic rings. The molecule has 0 saturated carbocycles. The number of hydrogen-bond donors (Lipinski definition) is 1. The maximum Gasteiger partial charge on any atom is 0.123 e. The van der Waals surface area contributed by atoms with Crippen LogP contribution in [0.2, 0.25) is 0 Å². The summed E-state index contributed by atoms with van der Waals surface area (Å²) < 4.78 is 13.1. The summed E-state index contributed by atoms with van der Waals surface area (Å²) >= 11 is 0. The Kier molecular flexibility index (Phi) is 6.92.